The van der Waals surface area contributed by atoms with Gasteiger partial charge >= 0.3 is 0 Å². The molecule has 0 spiro atoms. The van der Waals surface area contributed by atoms with Crippen LogP contribution in [0, 0.1) is 13.8 Å². The van der Waals surface area contributed by atoms with Crippen molar-refractivity contribution in [3.8, 4) is 0 Å². The molecule has 2 aromatic rings. The van der Waals surface area contributed by atoms with Crippen LogP contribution in [-0.2, 0) is 6.54 Å². The summed E-state index contributed by atoms with van der Waals surface area (Å²) in [4.78, 5) is 12.1. The van der Waals surface area contributed by atoms with Crippen LogP contribution in [0.5, 0.6) is 0 Å². The van der Waals surface area contributed by atoms with Gasteiger partial charge in [-0.2, -0.15) is 5.10 Å². The lowest BCUT2D eigenvalue weighted by atomic mass is 10.2. The van der Waals surface area contributed by atoms with E-state index in [1.54, 1.807) is 24.3 Å². The van der Waals surface area contributed by atoms with E-state index in [-0.39, 0.29) is 11.9 Å². The summed E-state index contributed by atoms with van der Waals surface area (Å²) in [5, 5.41) is 7.79. The van der Waals surface area contributed by atoms with Crippen molar-refractivity contribution in [2.45, 2.75) is 33.4 Å². The zero-order valence-electron chi connectivity index (χ0n) is 11.9. The van der Waals surface area contributed by atoms with Crippen LogP contribution in [0.1, 0.15) is 28.7 Å². The number of nitrogens with zero attached hydrogens (tertiary/aromatic N) is 2. The van der Waals surface area contributed by atoms with Crippen molar-refractivity contribution in [2.75, 3.05) is 0 Å². The molecule has 1 aromatic heterocycles. The second kappa shape index (κ2) is 6.09. The topological polar surface area (TPSA) is 46.9 Å². The molecular formula is C15H18ClN3O. The molecule has 1 atom stereocenters. The summed E-state index contributed by atoms with van der Waals surface area (Å²) < 4.78 is 1.90. The summed E-state index contributed by atoms with van der Waals surface area (Å²) in [7, 11) is 0. The molecule has 5 heteroatoms. The predicted molar refractivity (Wildman–Crippen MR) is 80.1 cm³/mol. The van der Waals surface area contributed by atoms with Crippen molar-refractivity contribution < 1.29 is 4.79 Å². The Balaban J connectivity index is 2.01. The average molecular weight is 292 g/mol. The van der Waals surface area contributed by atoms with Crippen molar-refractivity contribution in [1.82, 2.24) is 15.1 Å². The van der Waals surface area contributed by atoms with Crippen molar-refractivity contribution >= 4 is 17.5 Å². The summed E-state index contributed by atoms with van der Waals surface area (Å²) in [5.41, 5.74) is 2.56. The van der Waals surface area contributed by atoms with Gasteiger partial charge in [-0.3, -0.25) is 9.48 Å². The molecule has 0 aliphatic rings. The number of rotatable bonds is 4. The minimum absolute atomic E-state index is 0.0308. The van der Waals surface area contributed by atoms with Gasteiger partial charge in [0.1, 0.15) is 0 Å². The maximum atomic E-state index is 12.1. The quantitative estimate of drug-likeness (QED) is 0.941. The highest BCUT2D eigenvalue weighted by molar-refractivity contribution is 6.33. The standard InChI is InChI=1S/C15H18ClN3O/c1-10-8-12(3)19(18-10)9-11(2)17-15(20)13-6-4-5-7-14(13)16/h4-8,11H,9H2,1-3H3,(H,17,20). The monoisotopic (exact) mass is 291 g/mol. The maximum Gasteiger partial charge on any atom is 0.253 e. The molecule has 1 heterocycles. The Kier molecular flexibility index (Phi) is 4.45. The number of halogens is 1. The second-order valence-corrected chi connectivity index (χ2v) is 5.37. The van der Waals surface area contributed by atoms with E-state index in [0.29, 0.717) is 17.1 Å². The molecule has 2 rings (SSSR count). The number of hydrogen-bond acceptors (Lipinski definition) is 2. The number of benzene rings is 1. The number of hydrogen-bond donors (Lipinski definition) is 1. The van der Waals surface area contributed by atoms with Crippen molar-refractivity contribution in [3.05, 3.63) is 52.3 Å². The zero-order chi connectivity index (χ0) is 14.7. The van der Waals surface area contributed by atoms with E-state index in [1.165, 1.54) is 0 Å². The number of nitrogens with one attached hydrogen (secondary N) is 1. The fourth-order valence-electron chi connectivity index (χ4n) is 2.11. The molecule has 0 saturated heterocycles. The van der Waals surface area contributed by atoms with Gasteiger partial charge in [0.05, 0.1) is 22.8 Å². The average Bonchev–Trinajstić information content (AvgIpc) is 2.68. The van der Waals surface area contributed by atoms with Gasteiger partial charge in [-0.05, 0) is 39.0 Å². The zero-order valence-corrected chi connectivity index (χ0v) is 12.6. The minimum Gasteiger partial charge on any atom is -0.348 e. The minimum atomic E-state index is -0.162. The maximum absolute atomic E-state index is 12.1. The van der Waals surface area contributed by atoms with Crippen LogP contribution >= 0.6 is 11.6 Å². The van der Waals surface area contributed by atoms with Crippen molar-refractivity contribution in [2.24, 2.45) is 0 Å². The summed E-state index contributed by atoms with van der Waals surface area (Å²) in [6, 6.07) is 9.01. The molecule has 1 unspecified atom stereocenters. The predicted octanol–water partition coefficient (Wildman–Crippen LogP) is 2.97. The largest absolute Gasteiger partial charge is 0.348 e. The van der Waals surface area contributed by atoms with Gasteiger partial charge in [0, 0.05) is 11.7 Å². The number of carbonyl (C=O) groups is 1. The first-order chi connectivity index (χ1) is 9.47. The Morgan fingerprint density at radius 2 is 2.10 bits per heavy atom. The van der Waals surface area contributed by atoms with Crippen molar-refractivity contribution in [1.29, 1.82) is 0 Å². The fourth-order valence-corrected chi connectivity index (χ4v) is 2.33. The van der Waals surface area contributed by atoms with Gasteiger partial charge in [-0.15, -0.1) is 0 Å². The molecule has 106 valence electrons. The molecule has 1 N–H and O–H groups in total. The number of aromatic nitrogens is 2. The van der Waals surface area contributed by atoms with Gasteiger partial charge < -0.3 is 5.32 Å². The Labute approximate surface area is 123 Å². The summed E-state index contributed by atoms with van der Waals surface area (Å²) in [6.07, 6.45) is 0. The molecule has 20 heavy (non-hydrogen) atoms. The fraction of sp³-hybridized carbons (Fsp3) is 0.333. The molecule has 0 aliphatic heterocycles. The highest BCUT2D eigenvalue weighted by Gasteiger charge is 2.13. The number of aryl methyl sites for hydroxylation is 2. The lowest BCUT2D eigenvalue weighted by Crippen LogP contribution is -2.36. The molecule has 0 saturated carbocycles. The van der Waals surface area contributed by atoms with Crippen molar-refractivity contribution in [3.63, 3.8) is 0 Å². The molecule has 0 fully saturated rings. The van der Waals surface area contributed by atoms with E-state index >= 15 is 0 Å². The Morgan fingerprint density at radius 3 is 2.70 bits per heavy atom. The van der Waals surface area contributed by atoms with E-state index in [2.05, 4.69) is 10.4 Å². The van der Waals surface area contributed by atoms with Crippen LogP contribution in [-0.4, -0.2) is 21.7 Å². The van der Waals surface area contributed by atoms with E-state index in [1.807, 2.05) is 31.5 Å². The van der Waals surface area contributed by atoms with Gasteiger partial charge in [0.2, 0.25) is 0 Å². The highest BCUT2D eigenvalue weighted by Crippen LogP contribution is 2.14. The molecule has 0 aliphatic carbocycles. The van der Waals surface area contributed by atoms with Gasteiger partial charge in [0.25, 0.3) is 5.91 Å². The van der Waals surface area contributed by atoms with Crippen LogP contribution < -0.4 is 5.32 Å². The van der Waals surface area contributed by atoms with E-state index in [9.17, 15) is 4.79 Å². The molecule has 0 radical (unpaired) electrons. The van der Waals surface area contributed by atoms with Crippen LogP contribution in [0.2, 0.25) is 5.02 Å². The molecule has 1 aromatic carbocycles. The number of carbonyl (C=O) groups excluding carboxylic acids is 1. The van der Waals surface area contributed by atoms with Gasteiger partial charge in [-0.25, -0.2) is 0 Å². The third kappa shape index (κ3) is 3.39. The summed E-state index contributed by atoms with van der Waals surface area (Å²) >= 11 is 6.01. The third-order valence-corrected chi connectivity index (χ3v) is 3.38. The molecule has 4 nitrogen and oxygen atoms in total. The molecule has 1 amide bonds. The number of amides is 1. The van der Waals surface area contributed by atoms with Crippen LogP contribution in [0.3, 0.4) is 0 Å². The third-order valence-electron chi connectivity index (χ3n) is 3.05. The normalized spacial score (nSPS) is 12.2. The lowest BCUT2D eigenvalue weighted by Gasteiger charge is -2.15. The summed E-state index contributed by atoms with van der Waals surface area (Å²) in [5.74, 6) is -0.162. The van der Waals surface area contributed by atoms with Crippen LogP contribution in [0.4, 0.5) is 0 Å². The second-order valence-electron chi connectivity index (χ2n) is 4.96. The Hall–Kier alpha value is -1.81. The SMILES string of the molecule is Cc1cc(C)n(CC(C)NC(=O)c2ccccc2Cl)n1. The van der Waals surface area contributed by atoms with E-state index in [0.717, 1.165) is 11.4 Å². The smallest absolute Gasteiger partial charge is 0.253 e. The van der Waals surface area contributed by atoms with E-state index < -0.39 is 0 Å². The van der Waals surface area contributed by atoms with Crippen LogP contribution in [0.15, 0.2) is 30.3 Å². The van der Waals surface area contributed by atoms with Crippen LogP contribution in [0.25, 0.3) is 0 Å². The Morgan fingerprint density at radius 1 is 1.40 bits per heavy atom. The highest BCUT2D eigenvalue weighted by atomic mass is 35.5. The lowest BCUT2D eigenvalue weighted by molar-refractivity contribution is 0.0936. The molecular weight excluding hydrogens is 274 g/mol. The molecule has 0 bridgehead atoms. The Bertz CT molecular complexity index is 621. The first kappa shape index (κ1) is 14.6. The first-order valence-corrected chi connectivity index (χ1v) is 6.91. The first-order valence-electron chi connectivity index (χ1n) is 6.54. The van der Waals surface area contributed by atoms with Gasteiger partial charge in [0.15, 0.2) is 0 Å². The van der Waals surface area contributed by atoms with Gasteiger partial charge in [-0.1, -0.05) is 23.7 Å². The van der Waals surface area contributed by atoms with E-state index in [4.69, 9.17) is 11.6 Å². The summed E-state index contributed by atoms with van der Waals surface area (Å²) in [6.45, 7) is 6.54.